The van der Waals surface area contributed by atoms with E-state index in [1.165, 1.54) is 5.56 Å². The minimum atomic E-state index is 0.253. The zero-order chi connectivity index (χ0) is 22.6. The summed E-state index contributed by atoms with van der Waals surface area (Å²) in [5.41, 5.74) is 9.07. The van der Waals surface area contributed by atoms with Gasteiger partial charge in [0.05, 0.1) is 6.54 Å². The number of para-hydroxylation sites is 1. The van der Waals surface area contributed by atoms with Gasteiger partial charge >= 0.3 is 0 Å². The molecular formula is C24H26N8O. The lowest BCUT2D eigenvalue weighted by molar-refractivity contribution is 0.226. The van der Waals surface area contributed by atoms with E-state index in [0.717, 1.165) is 43.2 Å². The summed E-state index contributed by atoms with van der Waals surface area (Å²) < 4.78 is 5.89. The van der Waals surface area contributed by atoms with Crippen LogP contribution in [0.4, 0.5) is 23.3 Å². The first kappa shape index (κ1) is 20.9. The summed E-state index contributed by atoms with van der Waals surface area (Å²) in [4.78, 5) is 13.3. The molecule has 0 bridgehead atoms. The number of aryl methyl sites for hydroxylation is 1. The van der Waals surface area contributed by atoms with Crippen LogP contribution in [0.2, 0.25) is 0 Å². The molecule has 4 aromatic rings. The Morgan fingerprint density at radius 1 is 0.939 bits per heavy atom. The molecule has 0 atom stereocenters. The van der Waals surface area contributed by atoms with Gasteiger partial charge in [-0.05, 0) is 31.2 Å². The lowest BCUT2D eigenvalue weighted by atomic mass is 10.1. The largest absolute Gasteiger partial charge is 0.419 e. The summed E-state index contributed by atoms with van der Waals surface area (Å²) in [6.45, 7) is 6.03. The fourth-order valence-corrected chi connectivity index (χ4v) is 3.80. The Balaban J connectivity index is 1.20. The first-order valence-electron chi connectivity index (χ1n) is 11.0. The van der Waals surface area contributed by atoms with Gasteiger partial charge in [-0.1, -0.05) is 35.9 Å². The third-order valence-corrected chi connectivity index (χ3v) is 5.60. The number of aromatic nitrogens is 4. The molecule has 1 saturated heterocycles. The summed E-state index contributed by atoms with van der Waals surface area (Å²) in [7, 11) is 0. The van der Waals surface area contributed by atoms with Crippen LogP contribution in [0, 0.1) is 6.92 Å². The molecular weight excluding hydrogens is 416 g/mol. The SMILES string of the molecule is Cc1ccc(-c2nnc(CN3CCN(c4cc(Nc5ccccc5)nc(N)n4)CC3)o2)cc1. The van der Waals surface area contributed by atoms with Crippen molar-refractivity contribution in [3.63, 3.8) is 0 Å². The average Bonchev–Trinajstić information content (AvgIpc) is 3.29. The van der Waals surface area contributed by atoms with E-state index in [9.17, 15) is 0 Å². The monoisotopic (exact) mass is 442 g/mol. The van der Waals surface area contributed by atoms with E-state index in [-0.39, 0.29) is 5.95 Å². The van der Waals surface area contributed by atoms with E-state index in [1.807, 2.05) is 60.7 Å². The number of piperazine rings is 1. The van der Waals surface area contributed by atoms with Crippen molar-refractivity contribution in [1.29, 1.82) is 0 Å². The minimum absolute atomic E-state index is 0.253. The molecule has 1 fully saturated rings. The molecule has 0 amide bonds. The van der Waals surface area contributed by atoms with Gasteiger partial charge in [0, 0.05) is 43.5 Å². The Morgan fingerprint density at radius 2 is 1.70 bits per heavy atom. The van der Waals surface area contributed by atoms with Crippen molar-refractivity contribution in [2.75, 3.05) is 42.1 Å². The normalized spacial score (nSPS) is 14.4. The predicted molar refractivity (Wildman–Crippen MR) is 128 cm³/mol. The lowest BCUT2D eigenvalue weighted by Gasteiger charge is -2.34. The predicted octanol–water partition coefficient (Wildman–Crippen LogP) is 3.48. The molecule has 0 spiro atoms. The van der Waals surface area contributed by atoms with E-state index >= 15 is 0 Å². The molecule has 9 heteroatoms. The van der Waals surface area contributed by atoms with E-state index in [1.54, 1.807) is 0 Å². The van der Waals surface area contributed by atoms with Crippen LogP contribution in [0.15, 0.2) is 65.1 Å². The molecule has 33 heavy (non-hydrogen) atoms. The number of rotatable bonds is 6. The van der Waals surface area contributed by atoms with Crippen LogP contribution in [-0.2, 0) is 6.54 Å². The number of benzene rings is 2. The summed E-state index contributed by atoms with van der Waals surface area (Å²) in [5.74, 6) is 2.93. The number of hydrogen-bond donors (Lipinski definition) is 2. The van der Waals surface area contributed by atoms with Crippen LogP contribution >= 0.6 is 0 Å². The Labute approximate surface area is 192 Å². The number of nitrogen functional groups attached to an aromatic ring is 1. The smallest absolute Gasteiger partial charge is 0.247 e. The zero-order valence-corrected chi connectivity index (χ0v) is 18.5. The molecule has 2 aromatic heterocycles. The zero-order valence-electron chi connectivity index (χ0n) is 18.5. The Bertz CT molecular complexity index is 1200. The second-order valence-electron chi connectivity index (χ2n) is 8.09. The molecule has 3 N–H and O–H groups in total. The quantitative estimate of drug-likeness (QED) is 0.464. The highest BCUT2D eigenvalue weighted by molar-refractivity contribution is 5.61. The minimum Gasteiger partial charge on any atom is -0.419 e. The highest BCUT2D eigenvalue weighted by atomic mass is 16.4. The van der Waals surface area contributed by atoms with Crippen LogP contribution in [0.1, 0.15) is 11.5 Å². The Hall–Kier alpha value is -3.98. The molecule has 9 nitrogen and oxygen atoms in total. The molecule has 0 unspecified atom stereocenters. The van der Waals surface area contributed by atoms with Crippen molar-refractivity contribution < 1.29 is 4.42 Å². The number of nitrogens with zero attached hydrogens (tertiary/aromatic N) is 6. The number of nitrogens with two attached hydrogens (primary N) is 1. The first-order valence-corrected chi connectivity index (χ1v) is 11.0. The first-order chi connectivity index (χ1) is 16.1. The van der Waals surface area contributed by atoms with Crippen LogP contribution < -0.4 is 16.0 Å². The van der Waals surface area contributed by atoms with Crippen molar-refractivity contribution in [1.82, 2.24) is 25.1 Å². The molecule has 5 rings (SSSR count). The van der Waals surface area contributed by atoms with Crippen molar-refractivity contribution in [3.05, 3.63) is 72.1 Å². The van der Waals surface area contributed by atoms with Crippen molar-refractivity contribution in [2.24, 2.45) is 0 Å². The molecule has 0 radical (unpaired) electrons. The van der Waals surface area contributed by atoms with Gasteiger partial charge in [0.2, 0.25) is 17.7 Å². The average molecular weight is 443 g/mol. The van der Waals surface area contributed by atoms with Gasteiger partial charge in [-0.2, -0.15) is 9.97 Å². The summed E-state index contributed by atoms with van der Waals surface area (Å²) in [6, 6.07) is 19.9. The molecule has 0 saturated carbocycles. The highest BCUT2D eigenvalue weighted by Gasteiger charge is 2.21. The van der Waals surface area contributed by atoms with Gasteiger partial charge in [0.25, 0.3) is 0 Å². The van der Waals surface area contributed by atoms with Gasteiger partial charge in [-0.3, -0.25) is 4.90 Å². The van der Waals surface area contributed by atoms with Gasteiger partial charge in [0.15, 0.2) is 0 Å². The maximum Gasteiger partial charge on any atom is 0.247 e. The van der Waals surface area contributed by atoms with Crippen molar-refractivity contribution >= 4 is 23.3 Å². The second kappa shape index (κ2) is 9.25. The van der Waals surface area contributed by atoms with E-state index < -0.39 is 0 Å². The van der Waals surface area contributed by atoms with E-state index in [2.05, 4.69) is 42.2 Å². The fourth-order valence-electron chi connectivity index (χ4n) is 3.80. The number of hydrogen-bond acceptors (Lipinski definition) is 9. The third-order valence-electron chi connectivity index (χ3n) is 5.60. The van der Waals surface area contributed by atoms with E-state index in [0.29, 0.717) is 24.1 Å². The molecule has 1 aliphatic heterocycles. The second-order valence-corrected chi connectivity index (χ2v) is 8.09. The molecule has 2 aromatic carbocycles. The fraction of sp³-hybridized carbons (Fsp3) is 0.250. The molecule has 168 valence electrons. The summed E-state index contributed by atoms with van der Waals surface area (Å²) in [5, 5.41) is 11.7. The summed E-state index contributed by atoms with van der Waals surface area (Å²) >= 11 is 0. The highest BCUT2D eigenvalue weighted by Crippen LogP contribution is 2.23. The van der Waals surface area contributed by atoms with Crippen molar-refractivity contribution in [2.45, 2.75) is 13.5 Å². The van der Waals surface area contributed by atoms with Gasteiger partial charge in [-0.25, -0.2) is 0 Å². The summed E-state index contributed by atoms with van der Waals surface area (Å²) in [6.07, 6.45) is 0. The standard InChI is InChI=1S/C24H26N8O/c1-17-7-9-18(10-8-17)23-30-29-22(33-23)16-31-11-13-32(14-12-31)21-15-20(27-24(25)28-21)26-19-5-3-2-4-6-19/h2-10,15H,11-14,16H2,1H3,(H3,25,26,27,28). The lowest BCUT2D eigenvalue weighted by Crippen LogP contribution is -2.46. The molecule has 3 heterocycles. The maximum absolute atomic E-state index is 5.98. The van der Waals surface area contributed by atoms with Crippen LogP contribution in [0.5, 0.6) is 0 Å². The number of nitrogens with one attached hydrogen (secondary N) is 1. The molecule has 1 aliphatic rings. The van der Waals surface area contributed by atoms with Crippen molar-refractivity contribution in [3.8, 4) is 11.5 Å². The van der Waals surface area contributed by atoms with Crippen LogP contribution in [-0.4, -0.2) is 51.2 Å². The van der Waals surface area contributed by atoms with Crippen LogP contribution in [0.3, 0.4) is 0 Å². The van der Waals surface area contributed by atoms with Gasteiger partial charge in [-0.15, -0.1) is 10.2 Å². The van der Waals surface area contributed by atoms with Gasteiger partial charge < -0.3 is 20.4 Å². The molecule has 0 aliphatic carbocycles. The van der Waals surface area contributed by atoms with Gasteiger partial charge in [0.1, 0.15) is 11.6 Å². The number of anilines is 4. The Morgan fingerprint density at radius 3 is 2.45 bits per heavy atom. The van der Waals surface area contributed by atoms with E-state index in [4.69, 9.17) is 10.2 Å². The Kier molecular flexibility index (Phi) is 5.86. The van der Waals surface area contributed by atoms with Crippen LogP contribution in [0.25, 0.3) is 11.5 Å². The third kappa shape index (κ3) is 5.09. The maximum atomic E-state index is 5.98. The topological polar surface area (TPSA) is 109 Å².